The molecule has 34 nitrogen and oxygen atoms in total. The van der Waals surface area contributed by atoms with Crippen molar-refractivity contribution in [2.45, 2.75) is 120 Å². The van der Waals surface area contributed by atoms with Crippen LogP contribution in [0.2, 0.25) is 0 Å². The molecule has 15 N–H and O–H groups in total. The van der Waals surface area contributed by atoms with E-state index in [0.29, 0.717) is 40.4 Å². The highest BCUT2D eigenvalue weighted by molar-refractivity contribution is 5.99. The Hall–Kier alpha value is -11.1. The molecule has 7 atom stereocenters. The topological polar surface area (TPSA) is 494 Å². The van der Waals surface area contributed by atoms with E-state index in [2.05, 4.69) is 36.9 Å². The summed E-state index contributed by atoms with van der Waals surface area (Å²) < 4.78 is 0. The van der Waals surface area contributed by atoms with E-state index < -0.39 is 171 Å². The molecule has 572 valence electrons. The molecular weight excluding hydrogens is 1380 g/mol. The van der Waals surface area contributed by atoms with Crippen LogP contribution in [0.25, 0.3) is 21.7 Å². The summed E-state index contributed by atoms with van der Waals surface area (Å²) in [7, 11) is 1.31. The Bertz CT molecular complexity index is 3930. The molecule has 0 spiro atoms. The zero-order valence-electron chi connectivity index (χ0n) is 59.1. The Labute approximate surface area is 610 Å². The van der Waals surface area contributed by atoms with Gasteiger partial charge in [-0.1, -0.05) is 92.6 Å². The Kier molecular flexibility index (Phi) is 31.2. The van der Waals surface area contributed by atoms with Gasteiger partial charge in [0.1, 0.15) is 48.0 Å². The van der Waals surface area contributed by atoms with Gasteiger partial charge in [-0.25, -0.2) is 0 Å². The van der Waals surface area contributed by atoms with Gasteiger partial charge in [-0.15, -0.1) is 0 Å². The number of nitrogens with zero attached hydrogens (tertiary/aromatic N) is 6. The Balaban J connectivity index is 1.06. The van der Waals surface area contributed by atoms with Crippen molar-refractivity contribution in [3.8, 4) is 5.75 Å². The van der Waals surface area contributed by atoms with Crippen LogP contribution in [0.3, 0.4) is 0 Å². The number of carbonyl (C=O) groups is 14. The summed E-state index contributed by atoms with van der Waals surface area (Å²) in [6, 6.07) is 15.1. The number of aromatic hydroxyl groups is 1. The fourth-order valence-electron chi connectivity index (χ4n) is 13.0. The molecule has 0 bridgehead atoms. The fourth-order valence-corrected chi connectivity index (χ4v) is 13.0. The number of likely N-dealkylation sites (tertiary alicyclic amines) is 1. The molecule has 2 saturated heterocycles. The van der Waals surface area contributed by atoms with Crippen LogP contribution >= 0.6 is 0 Å². The van der Waals surface area contributed by atoms with Crippen LogP contribution in [0, 0.1) is 0 Å². The number of para-hydroxylation sites is 1. The maximum Gasteiger partial charge on any atom is 0.317 e. The van der Waals surface area contributed by atoms with Crippen LogP contribution in [0.4, 0.5) is 0 Å². The minimum absolute atomic E-state index is 0.00238. The summed E-state index contributed by atoms with van der Waals surface area (Å²) in [5, 5.41) is 76.7. The molecule has 9 amide bonds. The molecule has 106 heavy (non-hydrogen) atoms. The third-order valence-electron chi connectivity index (χ3n) is 18.6. The Morgan fingerprint density at radius 1 is 0.538 bits per heavy atom. The Morgan fingerprint density at radius 3 is 1.66 bits per heavy atom. The number of aromatic nitrogens is 1. The highest BCUT2D eigenvalue weighted by Crippen LogP contribution is 2.25. The average molecular weight is 1480 g/mol. The number of fused-ring (bicyclic) bond motifs is 2. The van der Waals surface area contributed by atoms with Crippen molar-refractivity contribution in [2.24, 2.45) is 5.73 Å². The molecule has 7 rings (SSSR count). The van der Waals surface area contributed by atoms with Crippen LogP contribution in [-0.4, -0.2) is 289 Å². The number of aliphatic carboxylic acids is 5. The zero-order chi connectivity index (χ0) is 77.1. The van der Waals surface area contributed by atoms with Gasteiger partial charge < -0.3 is 83.1 Å². The van der Waals surface area contributed by atoms with Crippen LogP contribution in [0.5, 0.6) is 5.75 Å². The molecule has 0 radical (unpaired) electrons. The van der Waals surface area contributed by atoms with Crippen molar-refractivity contribution in [1.29, 1.82) is 0 Å². The molecule has 0 unspecified atom stereocenters. The fraction of sp³-hybridized carbons (Fsp3) is 0.472. The third kappa shape index (κ3) is 25.4. The SMILES string of the molecule is CCCC[C@@H](C(=O)N[C@@H](CC(=O)O)C(=O)N[C@@H](Cc1cccc2ccccc12)C(N)=O)N(C)C(=O)[C@H](Cc1c[nH]c2ccccc12)NC(=O)CNC(=O)[C@@H]1CCCN1C(=O)[C@H](Cc1ccc(O)cc1)NC(=O)[C@@H](CCC(=O)O)NC(=O)CN1CCN(CC(=O)O)CCN(CC(=O)O)CCN(CC(=O)O)CC1. The number of rotatable bonds is 37. The van der Waals surface area contributed by atoms with Gasteiger partial charge in [0.15, 0.2) is 0 Å². The molecule has 34 heteroatoms. The average Bonchev–Trinajstić information content (AvgIpc) is 1.23. The molecule has 4 aromatic carbocycles. The number of nitrogens with two attached hydrogens (primary N) is 1. The summed E-state index contributed by atoms with van der Waals surface area (Å²) in [4.78, 5) is 200. The predicted octanol–water partition coefficient (Wildman–Crippen LogP) is -1.10. The second-order valence-electron chi connectivity index (χ2n) is 26.4. The Morgan fingerprint density at radius 2 is 1.08 bits per heavy atom. The first-order valence-corrected chi connectivity index (χ1v) is 35.0. The lowest BCUT2D eigenvalue weighted by atomic mass is 9.98. The van der Waals surface area contributed by atoms with E-state index in [9.17, 15) is 93.0 Å². The van der Waals surface area contributed by atoms with Crippen molar-refractivity contribution in [3.63, 3.8) is 0 Å². The summed E-state index contributed by atoms with van der Waals surface area (Å²) in [6.07, 6.45) is 0.252. The van der Waals surface area contributed by atoms with E-state index in [0.717, 1.165) is 15.7 Å². The number of phenols is 1. The highest BCUT2D eigenvalue weighted by Gasteiger charge is 2.41. The maximum atomic E-state index is 15.0. The van der Waals surface area contributed by atoms with Gasteiger partial charge in [0.05, 0.1) is 39.1 Å². The largest absolute Gasteiger partial charge is 0.508 e. The van der Waals surface area contributed by atoms with Gasteiger partial charge in [-0.05, 0) is 71.3 Å². The molecule has 2 aliphatic rings. The number of hydrogen-bond acceptors (Lipinski definition) is 19. The number of carboxylic acids is 5. The standard InChI is InChI=1S/C72H94N14O20/c1-3-4-17-57(70(104)79-54(37-62(92)93)68(102)78-53(66(73)100)35-46-13-9-12-45-11-5-6-14-49(45)46)81(2)71(105)56(36-47-38-74-51-16-8-7-15-50(47)51)77-59(88)39-75-69(103)58-18-10-25-86(58)72(106)55(34-44-19-21-48(87)22-20-44)80-67(101)52(23-24-61(90)91)76-60(89)40-82-26-28-83(41-63(94)95)30-32-85(43-65(98)99)33-31-84(29-27-82)42-64(96)97/h5-9,11-16,19-22,38,52-58,74,87H,3-4,10,17-18,23-37,39-43H2,1-2H3,(H2,73,100)(H,75,103)(H,76,89)(H,77,88)(H,78,102)(H,79,104)(H,80,101)(H,90,91)(H,92,93)(H,94,95)(H,96,97)(H,98,99)/t52-,53+,54+,55+,56+,57+,58+/m1/s1. The van der Waals surface area contributed by atoms with Crippen molar-refractivity contribution in [1.82, 2.24) is 66.3 Å². The number of aromatic amines is 1. The summed E-state index contributed by atoms with van der Waals surface area (Å²) >= 11 is 0. The van der Waals surface area contributed by atoms with Crippen LogP contribution in [0.15, 0.2) is 97.2 Å². The van der Waals surface area contributed by atoms with E-state index in [1.165, 1.54) is 36.2 Å². The van der Waals surface area contributed by atoms with Gasteiger partial charge in [0, 0.05) is 109 Å². The van der Waals surface area contributed by atoms with Crippen molar-refractivity contribution in [3.05, 3.63) is 114 Å². The molecule has 1 aromatic heterocycles. The first kappa shape index (κ1) is 82.2. The van der Waals surface area contributed by atoms with Gasteiger partial charge in [0.2, 0.25) is 53.2 Å². The highest BCUT2D eigenvalue weighted by atomic mass is 16.4. The number of phenolic OH excluding ortho intramolecular Hbond substituents is 1. The number of carbonyl (C=O) groups excluding carboxylic acids is 9. The van der Waals surface area contributed by atoms with E-state index in [-0.39, 0.29) is 110 Å². The molecule has 3 heterocycles. The maximum absolute atomic E-state index is 15.0. The van der Waals surface area contributed by atoms with Crippen molar-refractivity contribution >= 4 is 105 Å². The monoisotopic (exact) mass is 1470 g/mol. The molecule has 0 aliphatic carbocycles. The number of nitrogens with one attached hydrogen (secondary N) is 7. The van der Waals surface area contributed by atoms with E-state index >= 15 is 4.79 Å². The number of amides is 9. The second kappa shape index (κ2) is 40.2. The van der Waals surface area contributed by atoms with E-state index in [1.54, 1.807) is 68.3 Å². The predicted molar refractivity (Wildman–Crippen MR) is 382 cm³/mol. The lowest BCUT2D eigenvalue weighted by molar-refractivity contribution is -0.144. The number of carboxylic acid groups (broad SMARTS) is 5. The number of H-pyrrole nitrogens is 1. The quantitative estimate of drug-likeness (QED) is 0.0224. The van der Waals surface area contributed by atoms with E-state index in [1.807, 2.05) is 31.2 Å². The normalized spacial score (nSPS) is 16.6. The van der Waals surface area contributed by atoms with Crippen LogP contribution < -0.4 is 37.6 Å². The van der Waals surface area contributed by atoms with Gasteiger partial charge in [-0.2, -0.15) is 0 Å². The van der Waals surface area contributed by atoms with E-state index in [4.69, 9.17) is 5.73 Å². The summed E-state index contributed by atoms with van der Waals surface area (Å²) in [6.45, 7) is -0.128. The van der Waals surface area contributed by atoms with Gasteiger partial charge >= 0.3 is 29.8 Å². The molecule has 2 fully saturated rings. The lowest BCUT2D eigenvalue weighted by Gasteiger charge is -2.33. The molecular formula is C72H94N14O20. The van der Waals surface area contributed by atoms with Crippen LogP contribution in [-0.2, 0) is 86.4 Å². The smallest absolute Gasteiger partial charge is 0.317 e. The number of primary amides is 1. The summed E-state index contributed by atoms with van der Waals surface area (Å²) in [5.74, 6) is -14.5. The minimum atomic E-state index is -1.77. The second-order valence-corrected chi connectivity index (χ2v) is 26.4. The number of likely N-dealkylation sites (N-methyl/N-ethyl adjacent to an activating group) is 1. The van der Waals surface area contributed by atoms with Crippen molar-refractivity contribution in [2.75, 3.05) is 98.7 Å². The number of hydrogen-bond donors (Lipinski definition) is 14. The minimum Gasteiger partial charge on any atom is -0.508 e. The molecule has 5 aromatic rings. The van der Waals surface area contributed by atoms with Gasteiger partial charge in [0.25, 0.3) is 0 Å². The van der Waals surface area contributed by atoms with Gasteiger partial charge in [-0.3, -0.25) is 86.7 Å². The zero-order valence-corrected chi connectivity index (χ0v) is 59.1. The third-order valence-corrected chi connectivity index (χ3v) is 18.6. The molecule has 2 aliphatic heterocycles. The van der Waals surface area contributed by atoms with Crippen LogP contribution in [0.1, 0.15) is 75.0 Å². The number of benzene rings is 4. The first-order chi connectivity index (χ1) is 50.5. The summed E-state index contributed by atoms with van der Waals surface area (Å²) in [5.41, 5.74) is 8.09. The van der Waals surface area contributed by atoms with Crippen molar-refractivity contribution < 1.29 is 97.8 Å². The lowest BCUT2D eigenvalue weighted by Crippen LogP contribution is -2.59. The first-order valence-electron chi connectivity index (χ1n) is 35.0. The number of unbranched alkanes of at least 4 members (excludes halogenated alkanes) is 1. The molecule has 0 saturated carbocycles.